The van der Waals surface area contributed by atoms with Crippen molar-refractivity contribution >= 4 is 62.6 Å². The Morgan fingerprint density at radius 1 is 1.06 bits per heavy atom. The lowest BCUT2D eigenvalue weighted by atomic mass is 9.96. The maximum absolute atomic E-state index is 12.9. The van der Waals surface area contributed by atoms with E-state index in [1.807, 2.05) is 49.1 Å². The number of anilines is 1. The molecule has 0 unspecified atom stereocenters. The largest absolute Gasteiger partial charge is 0.348 e. The van der Waals surface area contributed by atoms with Crippen molar-refractivity contribution in [1.29, 1.82) is 0 Å². The van der Waals surface area contributed by atoms with Gasteiger partial charge in [0.25, 0.3) is 0 Å². The number of nitrogens with zero attached hydrogens (tertiary/aromatic N) is 4. The molecule has 1 aliphatic heterocycles. The van der Waals surface area contributed by atoms with Crippen LogP contribution in [0.2, 0.25) is 0 Å². The molecule has 0 aliphatic carbocycles. The highest BCUT2D eigenvalue weighted by atomic mass is 32.1. The van der Waals surface area contributed by atoms with Crippen molar-refractivity contribution in [3.63, 3.8) is 0 Å². The predicted octanol–water partition coefficient (Wildman–Crippen LogP) is 6.36. The summed E-state index contributed by atoms with van der Waals surface area (Å²) in [6.45, 7) is 7.06. The number of likely N-dealkylation sites (tertiary alicyclic amines) is 1. The van der Waals surface area contributed by atoms with E-state index >= 15 is 0 Å². The topological polar surface area (TPSA) is 61.4 Å². The SMILES string of the molecule is CCN(CC)C(=O)[C@@H]1CCCN(C(=S)Nc2ccc3nc(-c4cccs4)c(-c4cccs4)nc3c2)C1. The molecule has 3 aromatic heterocycles. The molecule has 1 aliphatic rings. The summed E-state index contributed by atoms with van der Waals surface area (Å²) < 4.78 is 0. The van der Waals surface area contributed by atoms with Crippen LogP contribution in [0.5, 0.6) is 0 Å². The summed E-state index contributed by atoms with van der Waals surface area (Å²) in [6.07, 6.45) is 1.87. The van der Waals surface area contributed by atoms with Gasteiger partial charge < -0.3 is 15.1 Å². The lowest BCUT2D eigenvalue weighted by molar-refractivity contribution is -0.136. The molecule has 0 saturated carbocycles. The average molecular weight is 536 g/mol. The minimum Gasteiger partial charge on any atom is -0.348 e. The van der Waals surface area contributed by atoms with Crippen LogP contribution >= 0.6 is 34.9 Å². The number of amides is 1. The standard InChI is InChI=1S/C27H29N5OS3/c1-3-31(4-2)26(33)18-8-5-13-32(17-18)27(34)28-19-11-12-20-21(16-19)30-25(23-10-7-15-36-23)24(29-20)22-9-6-14-35-22/h6-7,9-12,14-16,18H,3-5,8,13,17H2,1-2H3,(H,28,34)/t18-/m1/s1. The van der Waals surface area contributed by atoms with Gasteiger partial charge >= 0.3 is 0 Å². The molecule has 0 radical (unpaired) electrons. The summed E-state index contributed by atoms with van der Waals surface area (Å²) in [4.78, 5) is 29.2. The molecule has 1 N–H and O–H groups in total. The molecule has 6 nitrogen and oxygen atoms in total. The van der Waals surface area contributed by atoms with Gasteiger partial charge in [-0.1, -0.05) is 12.1 Å². The minimum absolute atomic E-state index is 0.00935. The molecule has 1 atom stereocenters. The third kappa shape index (κ3) is 5.14. The summed E-state index contributed by atoms with van der Waals surface area (Å²) in [6, 6.07) is 14.2. The molecule has 9 heteroatoms. The number of hydrogen-bond acceptors (Lipinski definition) is 6. The Morgan fingerprint density at radius 3 is 2.33 bits per heavy atom. The number of benzene rings is 1. The Hall–Kier alpha value is -2.88. The number of rotatable bonds is 6. The second kappa shape index (κ2) is 11.0. The zero-order chi connectivity index (χ0) is 25.1. The Morgan fingerprint density at radius 2 is 1.72 bits per heavy atom. The fourth-order valence-electron chi connectivity index (χ4n) is 4.66. The van der Waals surface area contributed by atoms with Crippen molar-refractivity contribution in [2.75, 3.05) is 31.5 Å². The van der Waals surface area contributed by atoms with Gasteiger partial charge in [0.1, 0.15) is 11.4 Å². The number of aromatic nitrogens is 2. The maximum atomic E-state index is 12.9. The van der Waals surface area contributed by atoms with Gasteiger partial charge in [0.2, 0.25) is 5.91 Å². The number of fused-ring (bicyclic) bond motifs is 1. The summed E-state index contributed by atoms with van der Waals surface area (Å²) in [7, 11) is 0. The van der Waals surface area contributed by atoms with Crippen molar-refractivity contribution < 1.29 is 4.79 Å². The van der Waals surface area contributed by atoms with Gasteiger partial charge in [-0.2, -0.15) is 0 Å². The first kappa shape index (κ1) is 24.8. The van der Waals surface area contributed by atoms with Crippen LogP contribution in [0.15, 0.2) is 53.2 Å². The molecular formula is C27H29N5OS3. The molecular weight excluding hydrogens is 507 g/mol. The second-order valence-corrected chi connectivity index (χ2v) is 11.1. The molecule has 1 saturated heterocycles. The zero-order valence-electron chi connectivity index (χ0n) is 20.4. The lowest BCUT2D eigenvalue weighted by Crippen LogP contribution is -2.47. The predicted molar refractivity (Wildman–Crippen MR) is 155 cm³/mol. The molecule has 1 aromatic carbocycles. The quantitative estimate of drug-likeness (QED) is 0.290. The van der Waals surface area contributed by atoms with Crippen LogP contribution in [0.25, 0.3) is 32.2 Å². The molecule has 5 rings (SSSR count). The average Bonchev–Trinajstić information content (AvgIpc) is 3.63. The minimum atomic E-state index is -0.00935. The normalized spacial score (nSPS) is 15.7. The lowest BCUT2D eigenvalue weighted by Gasteiger charge is -2.36. The molecule has 1 amide bonds. The third-order valence-corrected chi connectivity index (χ3v) is 8.67. The van der Waals surface area contributed by atoms with Crippen LogP contribution in [-0.4, -0.2) is 57.0 Å². The number of thiophene rings is 2. The molecule has 0 bridgehead atoms. The van der Waals surface area contributed by atoms with E-state index in [0.29, 0.717) is 11.7 Å². The van der Waals surface area contributed by atoms with Gasteiger partial charge in [-0.05, 0) is 80.0 Å². The van der Waals surface area contributed by atoms with Gasteiger partial charge in [-0.3, -0.25) is 4.79 Å². The molecule has 4 aromatic rings. The summed E-state index contributed by atoms with van der Waals surface area (Å²) >= 11 is 9.10. The Balaban J connectivity index is 1.38. The molecule has 36 heavy (non-hydrogen) atoms. The van der Waals surface area contributed by atoms with E-state index < -0.39 is 0 Å². The number of nitrogens with one attached hydrogen (secondary N) is 1. The van der Waals surface area contributed by atoms with Crippen LogP contribution in [0.3, 0.4) is 0 Å². The van der Waals surface area contributed by atoms with E-state index in [-0.39, 0.29) is 11.8 Å². The third-order valence-electron chi connectivity index (χ3n) is 6.56. The fraction of sp³-hybridized carbons (Fsp3) is 0.333. The number of carbonyl (C=O) groups excluding carboxylic acids is 1. The smallest absolute Gasteiger partial charge is 0.227 e. The summed E-state index contributed by atoms with van der Waals surface area (Å²) in [5, 5.41) is 8.16. The van der Waals surface area contributed by atoms with Crippen LogP contribution in [-0.2, 0) is 4.79 Å². The van der Waals surface area contributed by atoms with Crippen LogP contribution in [0.4, 0.5) is 5.69 Å². The first-order chi connectivity index (χ1) is 17.6. The number of thiocarbonyl (C=S) groups is 1. The van der Waals surface area contributed by atoms with E-state index in [9.17, 15) is 4.79 Å². The number of carbonyl (C=O) groups is 1. The van der Waals surface area contributed by atoms with Crippen molar-refractivity contribution in [2.45, 2.75) is 26.7 Å². The monoisotopic (exact) mass is 535 g/mol. The highest BCUT2D eigenvalue weighted by Gasteiger charge is 2.29. The summed E-state index contributed by atoms with van der Waals surface area (Å²) in [5.41, 5.74) is 4.35. The van der Waals surface area contributed by atoms with Gasteiger partial charge in [0.15, 0.2) is 5.11 Å². The van der Waals surface area contributed by atoms with Gasteiger partial charge in [-0.15, -0.1) is 22.7 Å². The maximum Gasteiger partial charge on any atom is 0.227 e. The fourth-order valence-corrected chi connectivity index (χ4v) is 6.37. The Bertz CT molecular complexity index is 1350. The Labute approximate surface area is 225 Å². The van der Waals surface area contributed by atoms with Crippen molar-refractivity contribution in [1.82, 2.24) is 19.8 Å². The molecule has 1 fully saturated rings. The highest BCUT2D eigenvalue weighted by Crippen LogP contribution is 2.36. The van der Waals surface area contributed by atoms with Gasteiger partial charge in [0.05, 0.1) is 26.7 Å². The first-order valence-corrected chi connectivity index (χ1v) is 14.5. The highest BCUT2D eigenvalue weighted by molar-refractivity contribution is 7.80. The molecule has 4 heterocycles. The van der Waals surface area contributed by atoms with Crippen LogP contribution in [0, 0.1) is 5.92 Å². The summed E-state index contributed by atoms with van der Waals surface area (Å²) in [5.74, 6) is 0.223. The number of hydrogen-bond donors (Lipinski definition) is 1. The van der Waals surface area contributed by atoms with E-state index in [0.717, 1.165) is 70.3 Å². The van der Waals surface area contributed by atoms with Crippen LogP contribution < -0.4 is 5.32 Å². The zero-order valence-corrected chi connectivity index (χ0v) is 22.9. The van der Waals surface area contributed by atoms with Gasteiger partial charge in [-0.25, -0.2) is 9.97 Å². The molecule has 186 valence electrons. The first-order valence-electron chi connectivity index (χ1n) is 12.3. The van der Waals surface area contributed by atoms with Crippen molar-refractivity contribution in [3.05, 3.63) is 53.2 Å². The van der Waals surface area contributed by atoms with Gasteiger partial charge in [0, 0.05) is 31.9 Å². The Kier molecular flexibility index (Phi) is 7.59. The second-order valence-electron chi connectivity index (χ2n) is 8.80. The van der Waals surface area contributed by atoms with E-state index in [1.54, 1.807) is 22.7 Å². The van der Waals surface area contributed by atoms with Crippen molar-refractivity contribution in [2.24, 2.45) is 5.92 Å². The van der Waals surface area contributed by atoms with E-state index in [2.05, 4.69) is 33.1 Å². The molecule has 0 spiro atoms. The van der Waals surface area contributed by atoms with Crippen LogP contribution in [0.1, 0.15) is 26.7 Å². The van der Waals surface area contributed by atoms with Crippen molar-refractivity contribution in [3.8, 4) is 21.1 Å². The van der Waals surface area contributed by atoms with E-state index in [1.165, 1.54) is 0 Å². The van der Waals surface area contributed by atoms with E-state index in [4.69, 9.17) is 22.2 Å². The number of piperidine rings is 1.